The minimum absolute atomic E-state index is 0.816. The molecule has 0 saturated heterocycles. The van der Waals surface area contributed by atoms with Gasteiger partial charge in [0.05, 0.1) is 13.1 Å². The SMILES string of the molecule is CCNCc1oc(CN(C)Cc2ccsc2)cc1C. The molecule has 4 heteroatoms. The van der Waals surface area contributed by atoms with Gasteiger partial charge in [-0.05, 0) is 54.5 Å². The first kappa shape index (κ1) is 14.3. The van der Waals surface area contributed by atoms with Gasteiger partial charge in [-0.3, -0.25) is 4.90 Å². The van der Waals surface area contributed by atoms with E-state index in [1.807, 2.05) is 0 Å². The molecule has 1 N–H and O–H groups in total. The number of hydrogen-bond donors (Lipinski definition) is 1. The molecule has 0 spiro atoms. The summed E-state index contributed by atoms with van der Waals surface area (Å²) < 4.78 is 5.90. The zero-order valence-corrected chi connectivity index (χ0v) is 12.7. The first-order chi connectivity index (χ1) is 9.19. The fourth-order valence-corrected chi connectivity index (χ4v) is 2.76. The van der Waals surface area contributed by atoms with Gasteiger partial charge < -0.3 is 9.73 Å². The lowest BCUT2D eigenvalue weighted by atomic mass is 10.2. The quantitative estimate of drug-likeness (QED) is 0.841. The number of nitrogens with one attached hydrogen (secondary N) is 1. The molecule has 2 aromatic heterocycles. The maximum absolute atomic E-state index is 5.90. The molecule has 3 nitrogen and oxygen atoms in total. The van der Waals surface area contributed by atoms with Gasteiger partial charge in [-0.2, -0.15) is 11.3 Å². The van der Waals surface area contributed by atoms with E-state index in [1.165, 1.54) is 11.1 Å². The highest BCUT2D eigenvalue weighted by atomic mass is 32.1. The smallest absolute Gasteiger partial charge is 0.120 e. The van der Waals surface area contributed by atoms with Gasteiger partial charge in [0.1, 0.15) is 11.5 Å². The summed E-state index contributed by atoms with van der Waals surface area (Å²) in [7, 11) is 2.12. The number of rotatable bonds is 7. The molecule has 2 rings (SSSR count). The van der Waals surface area contributed by atoms with Crippen LogP contribution in [0.2, 0.25) is 0 Å². The maximum atomic E-state index is 5.90. The second-order valence-electron chi connectivity index (χ2n) is 4.90. The summed E-state index contributed by atoms with van der Waals surface area (Å²) in [6.45, 7) is 7.81. The summed E-state index contributed by atoms with van der Waals surface area (Å²) in [5.74, 6) is 2.10. The van der Waals surface area contributed by atoms with Crippen LogP contribution in [0.25, 0.3) is 0 Å². The molecule has 0 aliphatic heterocycles. The van der Waals surface area contributed by atoms with Crippen molar-refractivity contribution >= 4 is 11.3 Å². The van der Waals surface area contributed by atoms with Crippen LogP contribution in [0.4, 0.5) is 0 Å². The minimum atomic E-state index is 0.816. The molecule has 2 aromatic rings. The normalized spacial score (nSPS) is 11.4. The molecule has 0 aliphatic rings. The predicted molar refractivity (Wildman–Crippen MR) is 80.3 cm³/mol. The molecule has 0 aliphatic carbocycles. The summed E-state index contributed by atoms with van der Waals surface area (Å²) in [5, 5.41) is 7.62. The van der Waals surface area contributed by atoms with E-state index in [0.717, 1.165) is 37.7 Å². The predicted octanol–water partition coefficient (Wildman–Crippen LogP) is 3.39. The van der Waals surface area contributed by atoms with Gasteiger partial charge in [0.15, 0.2) is 0 Å². The highest BCUT2D eigenvalue weighted by molar-refractivity contribution is 7.07. The molecule has 0 saturated carbocycles. The Morgan fingerprint density at radius 3 is 2.89 bits per heavy atom. The molecule has 0 fully saturated rings. The number of thiophene rings is 1. The Kier molecular flexibility index (Phi) is 5.19. The molecule has 0 aromatic carbocycles. The Labute approximate surface area is 119 Å². The number of nitrogens with zero attached hydrogens (tertiary/aromatic N) is 1. The molecule has 0 atom stereocenters. The molecule has 0 unspecified atom stereocenters. The Morgan fingerprint density at radius 2 is 2.21 bits per heavy atom. The van der Waals surface area contributed by atoms with E-state index in [0.29, 0.717) is 0 Å². The van der Waals surface area contributed by atoms with Gasteiger partial charge in [0, 0.05) is 6.54 Å². The van der Waals surface area contributed by atoms with Gasteiger partial charge in [-0.15, -0.1) is 0 Å². The van der Waals surface area contributed by atoms with Crippen LogP contribution in [0.1, 0.15) is 29.6 Å². The highest BCUT2D eigenvalue weighted by Crippen LogP contribution is 2.17. The molecule has 0 radical (unpaired) electrons. The summed E-state index contributed by atoms with van der Waals surface area (Å²) in [6, 6.07) is 4.32. The number of furan rings is 1. The van der Waals surface area contributed by atoms with E-state index < -0.39 is 0 Å². The van der Waals surface area contributed by atoms with Crippen molar-refractivity contribution in [3.63, 3.8) is 0 Å². The average molecular weight is 278 g/mol. The minimum Gasteiger partial charge on any atom is -0.463 e. The second kappa shape index (κ2) is 6.89. The lowest BCUT2D eigenvalue weighted by molar-refractivity contribution is 0.283. The van der Waals surface area contributed by atoms with Crippen molar-refractivity contribution in [3.05, 3.63) is 45.5 Å². The van der Waals surface area contributed by atoms with Crippen LogP contribution < -0.4 is 5.32 Å². The van der Waals surface area contributed by atoms with Crippen LogP contribution in [-0.2, 0) is 19.6 Å². The van der Waals surface area contributed by atoms with E-state index >= 15 is 0 Å². The summed E-state index contributed by atoms with van der Waals surface area (Å²) in [6.07, 6.45) is 0. The highest BCUT2D eigenvalue weighted by Gasteiger charge is 2.09. The van der Waals surface area contributed by atoms with Gasteiger partial charge in [-0.1, -0.05) is 6.92 Å². The van der Waals surface area contributed by atoms with Gasteiger partial charge in [-0.25, -0.2) is 0 Å². The molecule has 0 bridgehead atoms. The molecule has 104 valence electrons. The van der Waals surface area contributed by atoms with Crippen molar-refractivity contribution in [2.75, 3.05) is 13.6 Å². The summed E-state index contributed by atoms with van der Waals surface area (Å²) in [4.78, 5) is 2.28. The van der Waals surface area contributed by atoms with E-state index in [9.17, 15) is 0 Å². The lowest BCUT2D eigenvalue weighted by Gasteiger charge is -2.13. The van der Waals surface area contributed by atoms with Crippen molar-refractivity contribution in [2.24, 2.45) is 0 Å². The Hall–Kier alpha value is -1.10. The fourth-order valence-electron chi connectivity index (χ4n) is 2.10. The summed E-state index contributed by atoms with van der Waals surface area (Å²) in [5.41, 5.74) is 2.60. The van der Waals surface area contributed by atoms with E-state index in [-0.39, 0.29) is 0 Å². The van der Waals surface area contributed by atoms with Gasteiger partial charge in [0.2, 0.25) is 0 Å². The topological polar surface area (TPSA) is 28.4 Å². The standard InChI is InChI=1S/C15H22N2OS/c1-4-16-8-15-12(2)7-14(18-15)10-17(3)9-13-5-6-19-11-13/h5-7,11,16H,4,8-10H2,1-3H3. The molecule has 0 amide bonds. The number of aryl methyl sites for hydroxylation is 1. The molecule has 2 heterocycles. The van der Waals surface area contributed by atoms with Crippen LogP contribution in [0, 0.1) is 6.92 Å². The molecular weight excluding hydrogens is 256 g/mol. The third-order valence-corrected chi connectivity index (χ3v) is 3.80. The van der Waals surface area contributed by atoms with Crippen LogP contribution in [0.5, 0.6) is 0 Å². The van der Waals surface area contributed by atoms with Crippen LogP contribution in [0.3, 0.4) is 0 Å². The monoisotopic (exact) mass is 278 g/mol. The van der Waals surface area contributed by atoms with Crippen molar-refractivity contribution in [2.45, 2.75) is 33.5 Å². The van der Waals surface area contributed by atoms with Crippen LogP contribution >= 0.6 is 11.3 Å². The first-order valence-electron chi connectivity index (χ1n) is 6.67. The Balaban J connectivity index is 1.91. The van der Waals surface area contributed by atoms with E-state index in [1.54, 1.807) is 11.3 Å². The Morgan fingerprint density at radius 1 is 1.37 bits per heavy atom. The average Bonchev–Trinajstić information content (AvgIpc) is 2.97. The van der Waals surface area contributed by atoms with Gasteiger partial charge >= 0.3 is 0 Å². The molecular formula is C15H22N2OS. The van der Waals surface area contributed by atoms with Crippen molar-refractivity contribution in [1.82, 2.24) is 10.2 Å². The lowest BCUT2D eigenvalue weighted by Crippen LogP contribution is -2.16. The zero-order chi connectivity index (χ0) is 13.7. The molecule has 19 heavy (non-hydrogen) atoms. The third kappa shape index (κ3) is 4.20. The van der Waals surface area contributed by atoms with Crippen molar-refractivity contribution in [1.29, 1.82) is 0 Å². The largest absolute Gasteiger partial charge is 0.463 e. The van der Waals surface area contributed by atoms with E-state index in [2.05, 4.69) is 54.0 Å². The maximum Gasteiger partial charge on any atom is 0.120 e. The van der Waals surface area contributed by atoms with Crippen molar-refractivity contribution in [3.8, 4) is 0 Å². The fraction of sp³-hybridized carbons (Fsp3) is 0.467. The number of hydrogen-bond acceptors (Lipinski definition) is 4. The zero-order valence-electron chi connectivity index (χ0n) is 11.9. The first-order valence-corrected chi connectivity index (χ1v) is 7.62. The van der Waals surface area contributed by atoms with Crippen LogP contribution in [-0.4, -0.2) is 18.5 Å². The van der Waals surface area contributed by atoms with Crippen molar-refractivity contribution < 1.29 is 4.42 Å². The van der Waals surface area contributed by atoms with Gasteiger partial charge in [0.25, 0.3) is 0 Å². The van der Waals surface area contributed by atoms with Crippen LogP contribution in [0.15, 0.2) is 27.3 Å². The third-order valence-electron chi connectivity index (χ3n) is 3.07. The summed E-state index contributed by atoms with van der Waals surface area (Å²) >= 11 is 1.75. The second-order valence-corrected chi connectivity index (χ2v) is 5.68. The Bertz CT molecular complexity index is 490. The van der Waals surface area contributed by atoms with E-state index in [4.69, 9.17) is 4.42 Å².